The predicted octanol–water partition coefficient (Wildman–Crippen LogP) is 6.36. The molecule has 2 heterocycles. The Hall–Kier alpha value is -3.70. The van der Waals surface area contributed by atoms with Gasteiger partial charge in [-0.15, -0.1) is 21.5 Å². The van der Waals surface area contributed by atoms with Gasteiger partial charge in [0.25, 0.3) is 0 Å². The van der Waals surface area contributed by atoms with Crippen LogP contribution in [0.15, 0.2) is 47.8 Å². The monoisotopic (exact) mass is 545 g/mol. The van der Waals surface area contributed by atoms with E-state index in [0.29, 0.717) is 21.3 Å². The first-order valence-corrected chi connectivity index (χ1v) is 12.7. The second-order valence-electron chi connectivity index (χ2n) is 9.19. The molecule has 0 spiro atoms. The molecule has 4 aromatic rings. The zero-order valence-corrected chi connectivity index (χ0v) is 21.8. The number of carbonyl (C=O) groups excluding carboxylic acids is 1. The number of amides is 1. The van der Waals surface area contributed by atoms with Crippen molar-refractivity contribution in [3.63, 3.8) is 0 Å². The summed E-state index contributed by atoms with van der Waals surface area (Å²) < 4.78 is 60.0. The minimum Gasteiger partial charge on any atom is -0.490 e. The Bertz CT molecular complexity index is 1420. The molecule has 0 bridgehead atoms. The molecule has 0 aliphatic heterocycles. The Kier molecular flexibility index (Phi) is 8.48. The number of fused-ring (bicyclic) bond motifs is 1. The van der Waals surface area contributed by atoms with Gasteiger partial charge < -0.3 is 19.5 Å². The number of alkyl carbamates (subject to hydrolysis) is 1. The first-order valence-electron chi connectivity index (χ1n) is 11.8. The molecule has 0 unspecified atom stereocenters. The molecule has 0 fully saturated rings. The van der Waals surface area contributed by atoms with Crippen molar-refractivity contribution in [1.29, 1.82) is 0 Å². The molecule has 0 saturated carbocycles. The minimum absolute atomic E-state index is 0.0820. The summed E-state index contributed by atoms with van der Waals surface area (Å²) in [5.41, 5.74) is 0.100. The van der Waals surface area contributed by atoms with Crippen LogP contribution in [0.5, 0.6) is 5.75 Å². The Morgan fingerprint density at radius 3 is 2.45 bits per heavy atom. The fraction of sp³-hybridized carbons (Fsp3) is 0.296. The molecule has 200 valence electrons. The Balaban J connectivity index is 1.46. The predicted molar refractivity (Wildman–Crippen MR) is 139 cm³/mol. The molecule has 11 heteroatoms. The number of carbonyl (C=O) groups is 1. The number of nitrogens with zero attached hydrogens (tertiary/aromatic N) is 2. The lowest BCUT2D eigenvalue weighted by molar-refractivity contribution is 0.0489. The highest BCUT2D eigenvalue weighted by molar-refractivity contribution is 7.17. The van der Waals surface area contributed by atoms with E-state index in [9.17, 15) is 18.0 Å². The van der Waals surface area contributed by atoms with Crippen molar-refractivity contribution in [3.05, 3.63) is 65.3 Å². The summed E-state index contributed by atoms with van der Waals surface area (Å²) in [7, 11) is 0. The molecule has 0 saturated heterocycles. The van der Waals surface area contributed by atoms with Crippen molar-refractivity contribution in [2.24, 2.45) is 0 Å². The third-order valence-corrected chi connectivity index (χ3v) is 6.10. The highest BCUT2D eigenvalue weighted by Crippen LogP contribution is 2.40. The topological polar surface area (TPSA) is 82.6 Å². The number of hydrogen-bond donors (Lipinski definition) is 1. The fourth-order valence-electron chi connectivity index (χ4n) is 3.63. The van der Waals surface area contributed by atoms with Gasteiger partial charge in [-0.3, -0.25) is 0 Å². The van der Waals surface area contributed by atoms with Gasteiger partial charge in [0.05, 0.1) is 23.5 Å². The number of thiophene rings is 1. The normalized spacial score (nSPS) is 11.5. The van der Waals surface area contributed by atoms with E-state index in [1.54, 1.807) is 32.2 Å². The van der Waals surface area contributed by atoms with Gasteiger partial charge in [0.15, 0.2) is 0 Å². The van der Waals surface area contributed by atoms with Gasteiger partial charge in [-0.2, -0.15) is 0 Å². The van der Waals surface area contributed by atoms with E-state index in [0.717, 1.165) is 12.1 Å². The highest BCUT2D eigenvalue weighted by Gasteiger charge is 2.21. The number of nitrogens with one attached hydrogen (secondary N) is 1. The average Bonchev–Trinajstić information content (AvgIpc) is 3.33. The number of halogens is 3. The van der Waals surface area contributed by atoms with E-state index in [2.05, 4.69) is 15.5 Å². The quantitative estimate of drug-likeness (QED) is 0.247. The number of rotatable bonds is 9. The molecular formula is C27H26F3N3O4S. The molecule has 1 N–H and O–H groups in total. The molecule has 0 aliphatic carbocycles. The summed E-state index contributed by atoms with van der Waals surface area (Å²) in [6, 6.07) is 9.33. The maximum Gasteiger partial charge on any atom is 0.407 e. The molecule has 7 nitrogen and oxygen atoms in total. The first-order chi connectivity index (χ1) is 18.1. The largest absolute Gasteiger partial charge is 0.490 e. The molecule has 2 aromatic carbocycles. The van der Waals surface area contributed by atoms with Crippen LogP contribution in [0.2, 0.25) is 0 Å². The van der Waals surface area contributed by atoms with Gasteiger partial charge in [0.1, 0.15) is 46.8 Å². The van der Waals surface area contributed by atoms with Crippen LogP contribution in [0.4, 0.5) is 18.0 Å². The van der Waals surface area contributed by atoms with Crippen molar-refractivity contribution in [1.82, 2.24) is 15.5 Å². The maximum atomic E-state index is 14.5. The standard InChI is InChI=1S/C27H26F3N3O4S/c1-27(2,3)37-26(34)31-10-11-35-12-13-36-21-15-16(28)7-8-17(21)24-25-18(9-14-38-25)23(32-33-24)22-19(29)5-4-6-20(22)30/h4-9,14-15H,10-13H2,1-3H3,(H,31,34). The summed E-state index contributed by atoms with van der Waals surface area (Å²) in [4.78, 5) is 11.6. The molecule has 1 amide bonds. The third-order valence-electron chi connectivity index (χ3n) is 5.18. The summed E-state index contributed by atoms with van der Waals surface area (Å²) >= 11 is 1.32. The molecule has 38 heavy (non-hydrogen) atoms. The Morgan fingerprint density at radius 2 is 1.71 bits per heavy atom. The first kappa shape index (κ1) is 27.3. The van der Waals surface area contributed by atoms with Crippen LogP contribution in [0, 0.1) is 17.5 Å². The van der Waals surface area contributed by atoms with E-state index in [1.165, 1.54) is 35.6 Å². The van der Waals surface area contributed by atoms with Crippen LogP contribution in [0.3, 0.4) is 0 Å². The zero-order chi connectivity index (χ0) is 27.3. The minimum atomic E-state index is -0.744. The van der Waals surface area contributed by atoms with Crippen molar-refractivity contribution in [3.8, 4) is 28.3 Å². The summed E-state index contributed by atoms with van der Waals surface area (Å²) in [6.07, 6.45) is -0.536. The highest BCUT2D eigenvalue weighted by atomic mass is 32.1. The lowest BCUT2D eigenvalue weighted by atomic mass is 10.0. The van der Waals surface area contributed by atoms with Crippen LogP contribution in [0.25, 0.3) is 32.6 Å². The Labute approximate surface area is 221 Å². The van der Waals surface area contributed by atoms with Crippen molar-refractivity contribution >= 4 is 27.5 Å². The number of benzene rings is 2. The van der Waals surface area contributed by atoms with Gasteiger partial charge in [-0.05, 0) is 56.5 Å². The van der Waals surface area contributed by atoms with Crippen LogP contribution in [0.1, 0.15) is 20.8 Å². The molecule has 0 atom stereocenters. The van der Waals surface area contributed by atoms with Crippen molar-refractivity contribution in [2.75, 3.05) is 26.4 Å². The van der Waals surface area contributed by atoms with Crippen molar-refractivity contribution < 1.29 is 32.2 Å². The average molecular weight is 546 g/mol. The van der Waals surface area contributed by atoms with E-state index >= 15 is 0 Å². The summed E-state index contributed by atoms with van der Waals surface area (Å²) in [5.74, 6) is -1.78. The van der Waals surface area contributed by atoms with E-state index in [1.807, 2.05) is 0 Å². The lowest BCUT2D eigenvalue weighted by Gasteiger charge is -2.19. The van der Waals surface area contributed by atoms with Gasteiger partial charge in [0, 0.05) is 23.6 Å². The van der Waals surface area contributed by atoms with E-state index in [-0.39, 0.29) is 43.4 Å². The molecule has 4 rings (SSSR count). The molecule has 0 radical (unpaired) electrons. The second-order valence-corrected chi connectivity index (χ2v) is 10.1. The number of ether oxygens (including phenoxy) is 3. The van der Waals surface area contributed by atoms with E-state index < -0.39 is 29.1 Å². The SMILES string of the molecule is CC(C)(C)OC(=O)NCCOCCOc1cc(F)ccc1-c1nnc(-c2c(F)cccc2F)c2ccsc12. The van der Waals surface area contributed by atoms with Gasteiger partial charge in [-0.25, -0.2) is 18.0 Å². The smallest absolute Gasteiger partial charge is 0.407 e. The van der Waals surface area contributed by atoms with Crippen LogP contribution in [-0.2, 0) is 9.47 Å². The van der Waals surface area contributed by atoms with Crippen molar-refractivity contribution in [2.45, 2.75) is 26.4 Å². The maximum absolute atomic E-state index is 14.5. The van der Waals surface area contributed by atoms with Crippen LogP contribution >= 0.6 is 11.3 Å². The fourth-order valence-corrected chi connectivity index (χ4v) is 4.52. The zero-order valence-electron chi connectivity index (χ0n) is 21.0. The van der Waals surface area contributed by atoms with Gasteiger partial charge in [0.2, 0.25) is 0 Å². The lowest BCUT2D eigenvalue weighted by Crippen LogP contribution is -2.34. The second kappa shape index (κ2) is 11.8. The van der Waals surface area contributed by atoms with Crippen LogP contribution in [-0.4, -0.2) is 48.3 Å². The Morgan fingerprint density at radius 1 is 0.974 bits per heavy atom. The summed E-state index contributed by atoms with van der Waals surface area (Å²) in [5, 5.41) is 13.3. The number of hydrogen-bond acceptors (Lipinski definition) is 7. The molecular weight excluding hydrogens is 519 g/mol. The van der Waals surface area contributed by atoms with Gasteiger partial charge in [-0.1, -0.05) is 6.07 Å². The third kappa shape index (κ3) is 6.59. The van der Waals surface area contributed by atoms with Gasteiger partial charge >= 0.3 is 6.09 Å². The summed E-state index contributed by atoms with van der Waals surface area (Å²) in [6.45, 7) is 6.07. The molecule has 2 aromatic heterocycles. The molecule has 0 aliphatic rings. The van der Waals surface area contributed by atoms with E-state index in [4.69, 9.17) is 14.2 Å². The van der Waals surface area contributed by atoms with Crippen LogP contribution < -0.4 is 10.1 Å². The number of aromatic nitrogens is 2.